The number of nitrogens with one attached hydrogen (secondary N) is 1. The van der Waals surface area contributed by atoms with E-state index < -0.39 is 0 Å². The number of aromatic nitrogens is 1. The SMILES string of the molecule is COc1ccc2oc(N3CCN(CCCCCC(=O)NC4CCCc5ccccc54)CC3)nc2c1.Cl.Cl. The molecule has 5 rings (SSSR count). The van der Waals surface area contributed by atoms with Crippen molar-refractivity contribution in [3.63, 3.8) is 0 Å². The molecule has 202 valence electrons. The van der Waals surface area contributed by atoms with Gasteiger partial charge >= 0.3 is 0 Å². The maximum atomic E-state index is 12.5. The lowest BCUT2D eigenvalue weighted by molar-refractivity contribution is -0.122. The predicted octanol–water partition coefficient (Wildman–Crippen LogP) is 5.56. The molecule has 2 heterocycles. The zero-order valence-electron chi connectivity index (χ0n) is 21.5. The van der Waals surface area contributed by atoms with E-state index in [1.165, 1.54) is 11.1 Å². The number of halogens is 2. The minimum atomic E-state index is 0. The molecule has 1 saturated heterocycles. The topological polar surface area (TPSA) is 70.8 Å². The first kappa shape index (κ1) is 29.1. The van der Waals surface area contributed by atoms with Crippen molar-refractivity contribution in [3.05, 3.63) is 53.6 Å². The smallest absolute Gasteiger partial charge is 0.298 e. The number of benzene rings is 2. The number of oxazole rings is 1. The number of methoxy groups -OCH3 is 1. The molecule has 1 atom stereocenters. The highest BCUT2D eigenvalue weighted by Crippen LogP contribution is 2.29. The van der Waals surface area contributed by atoms with Crippen molar-refractivity contribution >= 4 is 47.8 Å². The number of piperazine rings is 1. The van der Waals surface area contributed by atoms with Gasteiger partial charge in [0.05, 0.1) is 13.2 Å². The van der Waals surface area contributed by atoms with Crippen LogP contribution in [0.25, 0.3) is 11.1 Å². The third-order valence-corrected chi connectivity index (χ3v) is 7.31. The van der Waals surface area contributed by atoms with Crippen LogP contribution in [-0.4, -0.2) is 55.6 Å². The molecule has 1 fully saturated rings. The van der Waals surface area contributed by atoms with E-state index in [-0.39, 0.29) is 36.8 Å². The van der Waals surface area contributed by atoms with Crippen LogP contribution >= 0.6 is 24.8 Å². The van der Waals surface area contributed by atoms with Crippen LogP contribution in [0.1, 0.15) is 55.7 Å². The minimum Gasteiger partial charge on any atom is -0.497 e. The summed E-state index contributed by atoms with van der Waals surface area (Å²) >= 11 is 0. The molecule has 9 heteroatoms. The highest BCUT2D eigenvalue weighted by Gasteiger charge is 2.22. The van der Waals surface area contributed by atoms with E-state index in [0.29, 0.717) is 12.4 Å². The van der Waals surface area contributed by atoms with Crippen LogP contribution < -0.4 is 15.0 Å². The molecule has 1 aliphatic carbocycles. The standard InChI is InChI=1S/C28H36N4O3.2ClH/c1-34-22-13-14-26-25(20-22)30-28(35-26)32-18-16-31(17-19-32)15-6-2-3-12-27(33)29-24-11-7-9-21-8-4-5-10-23(21)24;;/h4-5,8,10,13-14,20,24H,2-3,6-7,9,11-12,15-19H2,1H3,(H,29,33);2*1H. The summed E-state index contributed by atoms with van der Waals surface area (Å²) in [5.74, 6) is 0.982. The number of anilines is 1. The molecule has 1 amide bonds. The van der Waals surface area contributed by atoms with Crippen molar-refractivity contribution in [2.75, 3.05) is 44.7 Å². The van der Waals surface area contributed by atoms with Gasteiger partial charge in [-0.25, -0.2) is 0 Å². The molecule has 2 aromatic carbocycles. The molecule has 7 nitrogen and oxygen atoms in total. The van der Waals surface area contributed by atoms with Gasteiger partial charge < -0.3 is 19.4 Å². The highest BCUT2D eigenvalue weighted by atomic mass is 35.5. The van der Waals surface area contributed by atoms with Crippen molar-refractivity contribution in [1.29, 1.82) is 0 Å². The molecule has 1 aliphatic heterocycles. The van der Waals surface area contributed by atoms with Gasteiger partial charge in [-0.05, 0) is 61.9 Å². The van der Waals surface area contributed by atoms with E-state index in [0.717, 1.165) is 88.1 Å². The van der Waals surface area contributed by atoms with Gasteiger partial charge in [0.1, 0.15) is 11.3 Å². The van der Waals surface area contributed by atoms with Crippen molar-refractivity contribution in [1.82, 2.24) is 15.2 Å². The summed E-state index contributed by atoms with van der Waals surface area (Å²) in [5.41, 5.74) is 4.32. The number of fused-ring (bicyclic) bond motifs is 2. The lowest BCUT2D eigenvalue weighted by Gasteiger charge is -2.33. The number of rotatable bonds is 9. The highest BCUT2D eigenvalue weighted by molar-refractivity contribution is 5.85. The molecule has 37 heavy (non-hydrogen) atoms. The fourth-order valence-corrected chi connectivity index (χ4v) is 5.29. The zero-order chi connectivity index (χ0) is 24.0. The number of amides is 1. The van der Waals surface area contributed by atoms with Crippen molar-refractivity contribution < 1.29 is 13.9 Å². The Kier molecular flexibility index (Phi) is 10.9. The first-order chi connectivity index (χ1) is 17.2. The van der Waals surface area contributed by atoms with E-state index in [2.05, 4.69) is 44.4 Å². The normalized spacial score (nSPS) is 17.4. The monoisotopic (exact) mass is 548 g/mol. The maximum Gasteiger partial charge on any atom is 0.298 e. The van der Waals surface area contributed by atoms with Crippen LogP contribution in [0.5, 0.6) is 5.75 Å². The number of unbranched alkanes of at least 4 members (excludes halogenated alkanes) is 2. The minimum absolute atomic E-state index is 0. The number of ether oxygens (including phenoxy) is 1. The maximum absolute atomic E-state index is 12.5. The summed E-state index contributed by atoms with van der Waals surface area (Å²) in [6, 6.07) is 15.1. The van der Waals surface area contributed by atoms with Crippen LogP contribution in [0.2, 0.25) is 0 Å². The van der Waals surface area contributed by atoms with Crippen molar-refractivity contribution in [2.45, 2.75) is 51.0 Å². The molecule has 2 aliphatic rings. The number of carbonyl (C=O) groups excluding carboxylic acids is 1. The average Bonchev–Trinajstić information content (AvgIpc) is 3.32. The summed E-state index contributed by atoms with van der Waals surface area (Å²) in [7, 11) is 1.66. The Hall–Kier alpha value is -2.48. The third-order valence-electron chi connectivity index (χ3n) is 7.31. The third kappa shape index (κ3) is 7.30. The zero-order valence-corrected chi connectivity index (χ0v) is 23.1. The van der Waals surface area contributed by atoms with Gasteiger partial charge in [0.15, 0.2) is 5.58 Å². The quantitative estimate of drug-likeness (QED) is 0.353. The molecule has 1 unspecified atom stereocenters. The van der Waals surface area contributed by atoms with Crippen LogP contribution in [0, 0.1) is 0 Å². The average molecular weight is 550 g/mol. The Morgan fingerprint density at radius 3 is 2.70 bits per heavy atom. The summed E-state index contributed by atoms with van der Waals surface area (Å²) in [4.78, 5) is 21.9. The van der Waals surface area contributed by atoms with E-state index in [1.54, 1.807) is 7.11 Å². The fourth-order valence-electron chi connectivity index (χ4n) is 5.29. The summed E-state index contributed by atoms with van der Waals surface area (Å²) in [6.45, 7) is 4.91. The van der Waals surface area contributed by atoms with Crippen LogP contribution in [0.15, 0.2) is 46.9 Å². The summed E-state index contributed by atoms with van der Waals surface area (Å²) < 4.78 is 11.2. The number of hydrogen-bond donors (Lipinski definition) is 1. The van der Waals surface area contributed by atoms with Gasteiger partial charge in [-0.3, -0.25) is 9.69 Å². The summed E-state index contributed by atoms with van der Waals surface area (Å²) in [6.07, 6.45) is 7.11. The lowest BCUT2D eigenvalue weighted by Crippen LogP contribution is -2.46. The first-order valence-corrected chi connectivity index (χ1v) is 13.0. The van der Waals surface area contributed by atoms with Crippen LogP contribution in [-0.2, 0) is 11.2 Å². The molecule has 1 aromatic heterocycles. The largest absolute Gasteiger partial charge is 0.497 e. The number of nitrogens with zero attached hydrogens (tertiary/aromatic N) is 3. The Bertz CT molecular complexity index is 1150. The van der Waals surface area contributed by atoms with E-state index in [1.807, 2.05) is 18.2 Å². The van der Waals surface area contributed by atoms with Gasteiger partial charge in [0, 0.05) is 38.7 Å². The van der Waals surface area contributed by atoms with E-state index in [9.17, 15) is 4.79 Å². The second kappa shape index (κ2) is 13.9. The van der Waals surface area contributed by atoms with Gasteiger partial charge in [0.25, 0.3) is 6.01 Å². The molecule has 1 N–H and O–H groups in total. The molecule has 3 aromatic rings. The lowest BCUT2D eigenvalue weighted by atomic mass is 9.87. The number of hydrogen-bond acceptors (Lipinski definition) is 6. The van der Waals surface area contributed by atoms with Crippen molar-refractivity contribution in [3.8, 4) is 5.75 Å². The van der Waals surface area contributed by atoms with Crippen molar-refractivity contribution in [2.24, 2.45) is 0 Å². The predicted molar refractivity (Wildman–Crippen MR) is 152 cm³/mol. The Morgan fingerprint density at radius 2 is 1.89 bits per heavy atom. The number of carbonyl (C=O) groups is 1. The Balaban J connectivity index is 0.00000190. The Labute approximate surface area is 231 Å². The van der Waals surface area contributed by atoms with Gasteiger partial charge in [-0.2, -0.15) is 4.98 Å². The molecule has 0 saturated carbocycles. The fraction of sp³-hybridized carbons (Fsp3) is 0.500. The van der Waals surface area contributed by atoms with E-state index >= 15 is 0 Å². The first-order valence-electron chi connectivity index (χ1n) is 13.0. The molecular formula is C28H38Cl2N4O3. The van der Waals surface area contributed by atoms with Gasteiger partial charge in [-0.1, -0.05) is 30.7 Å². The number of aryl methyl sites for hydroxylation is 1. The van der Waals surface area contributed by atoms with Gasteiger partial charge in [0.2, 0.25) is 5.91 Å². The van der Waals surface area contributed by atoms with Crippen LogP contribution in [0.4, 0.5) is 6.01 Å². The molecular weight excluding hydrogens is 511 g/mol. The molecule has 0 spiro atoms. The molecule has 0 radical (unpaired) electrons. The second-order valence-corrected chi connectivity index (χ2v) is 9.68. The summed E-state index contributed by atoms with van der Waals surface area (Å²) in [5, 5.41) is 3.28. The van der Waals surface area contributed by atoms with E-state index in [4.69, 9.17) is 9.15 Å². The van der Waals surface area contributed by atoms with Gasteiger partial charge in [-0.15, -0.1) is 24.8 Å². The second-order valence-electron chi connectivity index (χ2n) is 9.68. The van der Waals surface area contributed by atoms with Crippen LogP contribution in [0.3, 0.4) is 0 Å². The Morgan fingerprint density at radius 1 is 1.08 bits per heavy atom. The molecule has 0 bridgehead atoms.